The van der Waals surface area contributed by atoms with Crippen molar-refractivity contribution in [1.29, 1.82) is 0 Å². The molecule has 0 radical (unpaired) electrons. The van der Waals surface area contributed by atoms with Crippen LogP contribution in [0.1, 0.15) is 32.7 Å². The van der Waals surface area contributed by atoms with Crippen LogP contribution in [0, 0.1) is 12.7 Å². The van der Waals surface area contributed by atoms with E-state index in [1.807, 2.05) is 37.3 Å². The third-order valence-corrected chi connectivity index (χ3v) is 4.99. The highest BCUT2D eigenvalue weighted by molar-refractivity contribution is 5.95. The fourth-order valence-corrected chi connectivity index (χ4v) is 3.47. The predicted molar refractivity (Wildman–Crippen MR) is 108 cm³/mol. The summed E-state index contributed by atoms with van der Waals surface area (Å²) in [5.74, 6) is 0.104. The second-order valence-corrected chi connectivity index (χ2v) is 7.18. The number of amides is 1. The van der Waals surface area contributed by atoms with Crippen molar-refractivity contribution < 1.29 is 13.9 Å². The number of hydrogen-bond donors (Lipinski definition) is 1. The van der Waals surface area contributed by atoms with Crippen molar-refractivity contribution >= 4 is 5.91 Å². The van der Waals surface area contributed by atoms with Gasteiger partial charge in [0.05, 0.1) is 5.56 Å². The van der Waals surface area contributed by atoms with E-state index in [4.69, 9.17) is 10.5 Å². The van der Waals surface area contributed by atoms with E-state index < -0.39 is 5.82 Å². The summed E-state index contributed by atoms with van der Waals surface area (Å²) in [5, 5.41) is 0. The van der Waals surface area contributed by atoms with Gasteiger partial charge in [0.1, 0.15) is 17.3 Å². The Morgan fingerprint density at radius 1 is 1.10 bits per heavy atom. The van der Waals surface area contributed by atoms with E-state index in [0.717, 1.165) is 28.8 Å². The van der Waals surface area contributed by atoms with Gasteiger partial charge in [0.15, 0.2) is 0 Å². The van der Waals surface area contributed by atoms with E-state index in [2.05, 4.69) is 4.98 Å². The first-order chi connectivity index (χ1) is 14.0. The number of hydrogen-bond acceptors (Lipinski definition) is 4. The van der Waals surface area contributed by atoms with E-state index in [1.54, 1.807) is 11.1 Å². The van der Waals surface area contributed by atoms with Crippen LogP contribution in [0.2, 0.25) is 0 Å². The average Bonchev–Trinajstić information content (AvgIpc) is 3.14. The number of rotatable bonds is 5. The summed E-state index contributed by atoms with van der Waals surface area (Å²) in [4.78, 5) is 18.8. The van der Waals surface area contributed by atoms with Crippen LogP contribution in [0.25, 0.3) is 0 Å². The van der Waals surface area contributed by atoms with E-state index in [1.165, 1.54) is 18.2 Å². The zero-order chi connectivity index (χ0) is 20.4. The van der Waals surface area contributed by atoms with Crippen LogP contribution in [0.3, 0.4) is 0 Å². The van der Waals surface area contributed by atoms with Gasteiger partial charge in [-0.1, -0.05) is 12.1 Å². The summed E-state index contributed by atoms with van der Waals surface area (Å²) < 4.78 is 20.2. The Balaban J connectivity index is 1.52. The van der Waals surface area contributed by atoms with Crippen molar-refractivity contribution in [2.45, 2.75) is 26.4 Å². The molecule has 2 N–H and O–H groups in total. The van der Waals surface area contributed by atoms with Gasteiger partial charge in [-0.05, 0) is 73.0 Å². The lowest BCUT2D eigenvalue weighted by atomic mass is 10.1. The zero-order valence-corrected chi connectivity index (χ0v) is 16.2. The van der Waals surface area contributed by atoms with Gasteiger partial charge >= 0.3 is 0 Å². The summed E-state index contributed by atoms with van der Waals surface area (Å²) in [6.07, 6.45) is 2.57. The number of benzene rings is 2. The summed E-state index contributed by atoms with van der Waals surface area (Å²) in [6, 6.07) is 13.8. The van der Waals surface area contributed by atoms with Crippen molar-refractivity contribution in [2.75, 3.05) is 6.54 Å². The number of carbonyl (C=O) groups is 1. The van der Waals surface area contributed by atoms with E-state index >= 15 is 0 Å². The van der Waals surface area contributed by atoms with Gasteiger partial charge in [0, 0.05) is 25.0 Å². The van der Waals surface area contributed by atoms with Crippen LogP contribution >= 0.6 is 0 Å². The second-order valence-electron chi connectivity index (χ2n) is 7.18. The third-order valence-electron chi connectivity index (χ3n) is 4.99. The fraction of sp³-hybridized carbons (Fsp3) is 0.217. The molecular formula is C23H22FN3O2. The number of nitrogens with zero attached hydrogens (tertiary/aromatic N) is 2. The number of carbonyl (C=O) groups excluding carboxylic acids is 1. The molecule has 148 valence electrons. The lowest BCUT2D eigenvalue weighted by molar-refractivity contribution is 0.0746. The first-order valence-electron chi connectivity index (χ1n) is 9.53. The molecule has 4 rings (SSSR count). The standard InChI is InChI=1S/C23H22FN3O2/c1-15-10-17-13-27(14-18(17)12-26-15)23(28)21-11-20(6-7-22(21)24)29-19-4-2-16(3-5-19)8-9-25/h2-7,10-12H,8-9,13-14,25H2,1H3. The summed E-state index contributed by atoms with van der Waals surface area (Å²) in [5.41, 5.74) is 9.63. The Kier molecular flexibility index (Phi) is 5.27. The van der Waals surface area contributed by atoms with Crippen LogP contribution in [0.5, 0.6) is 11.5 Å². The molecule has 0 unspecified atom stereocenters. The maximum absolute atomic E-state index is 14.4. The van der Waals surface area contributed by atoms with Crippen LogP contribution in [0.15, 0.2) is 54.7 Å². The topological polar surface area (TPSA) is 68.5 Å². The molecule has 29 heavy (non-hydrogen) atoms. The van der Waals surface area contributed by atoms with Gasteiger partial charge in [-0.15, -0.1) is 0 Å². The summed E-state index contributed by atoms with van der Waals surface area (Å²) in [7, 11) is 0. The van der Waals surface area contributed by atoms with Gasteiger partial charge in [-0.2, -0.15) is 0 Å². The van der Waals surface area contributed by atoms with Crippen LogP contribution < -0.4 is 10.5 Å². The van der Waals surface area contributed by atoms with Crippen molar-refractivity contribution in [3.63, 3.8) is 0 Å². The molecule has 2 heterocycles. The van der Waals surface area contributed by atoms with Crippen LogP contribution in [0.4, 0.5) is 4.39 Å². The Hall–Kier alpha value is -3.25. The highest BCUT2D eigenvalue weighted by Gasteiger charge is 2.26. The maximum atomic E-state index is 14.4. The quantitative estimate of drug-likeness (QED) is 0.714. The minimum Gasteiger partial charge on any atom is -0.457 e. The lowest BCUT2D eigenvalue weighted by Crippen LogP contribution is -2.26. The number of pyridine rings is 1. The maximum Gasteiger partial charge on any atom is 0.257 e. The minimum absolute atomic E-state index is 0.000242. The minimum atomic E-state index is -0.564. The van der Waals surface area contributed by atoms with Gasteiger partial charge in [0.2, 0.25) is 0 Å². The molecule has 1 aliphatic rings. The monoisotopic (exact) mass is 391 g/mol. The second kappa shape index (κ2) is 8.01. The van der Waals surface area contributed by atoms with Gasteiger partial charge < -0.3 is 15.4 Å². The predicted octanol–water partition coefficient (Wildman–Crippen LogP) is 3.98. The number of aromatic nitrogens is 1. The molecule has 6 heteroatoms. The number of halogens is 1. The molecule has 5 nitrogen and oxygen atoms in total. The first kappa shape index (κ1) is 19.1. The Morgan fingerprint density at radius 2 is 1.83 bits per heavy atom. The van der Waals surface area contributed by atoms with Crippen molar-refractivity contribution in [3.8, 4) is 11.5 Å². The first-order valence-corrected chi connectivity index (χ1v) is 9.53. The average molecular weight is 391 g/mol. The number of ether oxygens (including phenoxy) is 1. The zero-order valence-electron chi connectivity index (χ0n) is 16.2. The fourth-order valence-electron chi connectivity index (χ4n) is 3.47. The van der Waals surface area contributed by atoms with Crippen LogP contribution in [-0.2, 0) is 19.5 Å². The molecule has 0 saturated heterocycles. The number of aryl methyl sites for hydroxylation is 1. The molecule has 0 bridgehead atoms. The molecule has 1 aliphatic heterocycles. The van der Waals surface area contributed by atoms with E-state index in [0.29, 0.717) is 31.1 Å². The molecule has 0 saturated carbocycles. The highest BCUT2D eigenvalue weighted by Crippen LogP contribution is 2.28. The molecule has 3 aromatic rings. The van der Waals surface area contributed by atoms with Gasteiger partial charge in [0.25, 0.3) is 5.91 Å². The van der Waals surface area contributed by atoms with E-state index in [9.17, 15) is 9.18 Å². The molecule has 0 fully saturated rings. The third kappa shape index (κ3) is 4.12. The molecule has 1 aromatic heterocycles. The number of nitrogens with two attached hydrogens (primary N) is 1. The highest BCUT2D eigenvalue weighted by atomic mass is 19.1. The SMILES string of the molecule is Cc1cc2c(cn1)CN(C(=O)c1cc(Oc3ccc(CCN)cc3)ccc1F)C2. The van der Waals surface area contributed by atoms with Crippen molar-refractivity contribution in [1.82, 2.24) is 9.88 Å². The van der Waals surface area contributed by atoms with Gasteiger partial charge in [-0.25, -0.2) is 4.39 Å². The van der Waals surface area contributed by atoms with Crippen LogP contribution in [-0.4, -0.2) is 22.3 Å². The van der Waals surface area contributed by atoms with Gasteiger partial charge in [-0.3, -0.25) is 9.78 Å². The Bertz CT molecular complexity index is 1050. The van der Waals surface area contributed by atoms with Crippen molar-refractivity contribution in [3.05, 3.63) is 88.5 Å². The number of fused-ring (bicyclic) bond motifs is 1. The van der Waals surface area contributed by atoms with E-state index in [-0.39, 0.29) is 11.5 Å². The Morgan fingerprint density at radius 3 is 2.59 bits per heavy atom. The molecule has 1 amide bonds. The molecular weight excluding hydrogens is 369 g/mol. The molecule has 0 atom stereocenters. The molecule has 0 aliphatic carbocycles. The Labute approximate surface area is 168 Å². The lowest BCUT2D eigenvalue weighted by Gasteiger charge is -2.16. The summed E-state index contributed by atoms with van der Waals surface area (Å²) in [6.45, 7) is 3.37. The largest absolute Gasteiger partial charge is 0.457 e. The molecule has 2 aromatic carbocycles. The summed E-state index contributed by atoms with van der Waals surface area (Å²) >= 11 is 0. The molecule has 0 spiro atoms. The normalized spacial score (nSPS) is 12.7. The van der Waals surface area contributed by atoms with Crippen molar-refractivity contribution in [2.24, 2.45) is 5.73 Å². The smallest absolute Gasteiger partial charge is 0.257 e.